The van der Waals surface area contributed by atoms with Gasteiger partial charge in [0.25, 0.3) is 11.7 Å². The van der Waals surface area contributed by atoms with E-state index in [-0.39, 0.29) is 6.61 Å². The van der Waals surface area contributed by atoms with Gasteiger partial charge in [-0.3, -0.25) is 9.59 Å². The molecule has 0 unspecified atom stereocenters. The molecule has 4 nitrogen and oxygen atoms in total. The quantitative estimate of drug-likeness (QED) is 0.630. The summed E-state index contributed by atoms with van der Waals surface area (Å²) in [4.78, 5) is 25.0. The fourth-order valence-electron chi connectivity index (χ4n) is 2.02. The first-order valence-corrected chi connectivity index (χ1v) is 5.73. The van der Waals surface area contributed by atoms with Crippen molar-refractivity contribution in [1.29, 1.82) is 0 Å². The van der Waals surface area contributed by atoms with Crippen LogP contribution in [-0.2, 0) is 4.79 Å². The van der Waals surface area contributed by atoms with Crippen molar-refractivity contribution >= 4 is 17.4 Å². The molecule has 4 heteroatoms. The van der Waals surface area contributed by atoms with Gasteiger partial charge in [-0.05, 0) is 31.9 Å². The van der Waals surface area contributed by atoms with Gasteiger partial charge in [-0.25, -0.2) is 0 Å². The molecule has 0 aliphatic carbocycles. The van der Waals surface area contributed by atoms with Crippen LogP contribution in [0, 0.1) is 6.92 Å². The van der Waals surface area contributed by atoms with Crippen molar-refractivity contribution in [2.24, 2.45) is 0 Å². The van der Waals surface area contributed by atoms with Crippen LogP contribution in [0.15, 0.2) is 18.2 Å². The topological polar surface area (TPSA) is 57.6 Å². The van der Waals surface area contributed by atoms with Gasteiger partial charge in [0.1, 0.15) is 0 Å². The fraction of sp³-hybridized carbons (Fsp3) is 0.385. The van der Waals surface area contributed by atoms with Crippen molar-refractivity contribution < 1.29 is 14.7 Å². The zero-order valence-corrected chi connectivity index (χ0v) is 9.77. The van der Waals surface area contributed by atoms with Crippen molar-refractivity contribution in [3.05, 3.63) is 29.3 Å². The molecule has 0 atom stereocenters. The van der Waals surface area contributed by atoms with E-state index in [0.717, 1.165) is 5.56 Å². The normalized spacial score (nSPS) is 14.4. The second-order valence-corrected chi connectivity index (χ2v) is 4.24. The molecule has 1 N–H and O–H groups in total. The van der Waals surface area contributed by atoms with E-state index in [1.54, 1.807) is 6.07 Å². The predicted molar refractivity (Wildman–Crippen MR) is 64.2 cm³/mol. The molecular formula is C13H15NO3. The summed E-state index contributed by atoms with van der Waals surface area (Å²) in [5.74, 6) is -0.878. The lowest BCUT2D eigenvalue weighted by atomic mass is 10.1. The molecule has 0 bridgehead atoms. The first-order valence-electron chi connectivity index (χ1n) is 5.73. The number of amides is 1. The van der Waals surface area contributed by atoms with Crippen molar-refractivity contribution in [1.82, 2.24) is 0 Å². The molecule has 2 rings (SSSR count). The van der Waals surface area contributed by atoms with Crippen LogP contribution in [0.2, 0.25) is 0 Å². The molecule has 0 fully saturated rings. The van der Waals surface area contributed by atoms with Crippen molar-refractivity contribution in [2.45, 2.75) is 19.8 Å². The molecule has 1 heterocycles. The number of carbonyl (C=O) groups excluding carboxylic acids is 2. The van der Waals surface area contributed by atoms with Crippen LogP contribution in [0.3, 0.4) is 0 Å². The van der Waals surface area contributed by atoms with E-state index >= 15 is 0 Å². The maximum Gasteiger partial charge on any atom is 0.299 e. The maximum absolute atomic E-state index is 11.8. The number of aliphatic hydroxyl groups excluding tert-OH is 1. The number of nitrogens with zero attached hydrogens (tertiary/aromatic N) is 1. The third-order valence-corrected chi connectivity index (χ3v) is 2.92. The predicted octanol–water partition coefficient (Wildman–Crippen LogP) is 1.30. The Labute approximate surface area is 99.9 Å². The number of rotatable bonds is 4. The summed E-state index contributed by atoms with van der Waals surface area (Å²) in [5.41, 5.74) is 2.17. The molecule has 1 aromatic carbocycles. The van der Waals surface area contributed by atoms with Gasteiger partial charge >= 0.3 is 0 Å². The molecule has 0 saturated carbocycles. The first kappa shape index (κ1) is 11.8. The van der Waals surface area contributed by atoms with Gasteiger partial charge in [-0.15, -0.1) is 0 Å². The second-order valence-electron chi connectivity index (χ2n) is 4.24. The average molecular weight is 233 g/mol. The van der Waals surface area contributed by atoms with E-state index in [4.69, 9.17) is 5.11 Å². The Kier molecular flexibility index (Phi) is 3.24. The standard InChI is InChI=1S/C13H15NO3/c1-9-4-5-11-10(8-9)12(16)13(17)14(11)6-2-3-7-15/h4-5,8,15H,2-3,6-7H2,1H3. The minimum atomic E-state index is -0.455. The van der Waals surface area contributed by atoms with Gasteiger partial charge in [0, 0.05) is 13.2 Å². The van der Waals surface area contributed by atoms with Crippen LogP contribution in [0.4, 0.5) is 5.69 Å². The molecule has 1 aliphatic rings. The van der Waals surface area contributed by atoms with Crippen molar-refractivity contribution in [2.75, 3.05) is 18.1 Å². The van der Waals surface area contributed by atoms with Gasteiger partial charge in [0.05, 0.1) is 11.3 Å². The third-order valence-electron chi connectivity index (χ3n) is 2.92. The maximum atomic E-state index is 11.8. The second kappa shape index (κ2) is 4.67. The van der Waals surface area contributed by atoms with Crippen LogP contribution < -0.4 is 4.90 Å². The van der Waals surface area contributed by atoms with Gasteiger partial charge in [-0.2, -0.15) is 0 Å². The average Bonchev–Trinajstić information content (AvgIpc) is 2.54. The minimum absolute atomic E-state index is 0.108. The number of aliphatic hydroxyl groups is 1. The number of fused-ring (bicyclic) bond motifs is 1. The van der Waals surface area contributed by atoms with Crippen molar-refractivity contribution in [3.63, 3.8) is 0 Å². The fourth-order valence-corrected chi connectivity index (χ4v) is 2.02. The zero-order valence-electron chi connectivity index (χ0n) is 9.77. The SMILES string of the molecule is Cc1ccc2c(c1)C(=O)C(=O)N2CCCCO. The Hall–Kier alpha value is -1.68. The molecule has 0 aromatic heterocycles. The number of unbranched alkanes of at least 4 members (excludes halogenated alkanes) is 1. The number of carbonyl (C=O) groups is 2. The molecule has 0 saturated heterocycles. The molecule has 17 heavy (non-hydrogen) atoms. The highest BCUT2D eigenvalue weighted by atomic mass is 16.3. The lowest BCUT2D eigenvalue weighted by molar-refractivity contribution is -0.114. The van der Waals surface area contributed by atoms with Crippen LogP contribution in [-0.4, -0.2) is 29.9 Å². The van der Waals surface area contributed by atoms with E-state index in [2.05, 4.69) is 0 Å². The summed E-state index contributed by atoms with van der Waals surface area (Å²) in [6, 6.07) is 5.46. The van der Waals surface area contributed by atoms with E-state index in [1.165, 1.54) is 4.90 Å². The Morgan fingerprint density at radius 2 is 2.00 bits per heavy atom. The molecule has 1 aliphatic heterocycles. The highest BCUT2D eigenvalue weighted by Gasteiger charge is 2.35. The van der Waals surface area contributed by atoms with Crippen LogP contribution in [0.5, 0.6) is 0 Å². The third kappa shape index (κ3) is 2.08. The molecule has 0 spiro atoms. The number of anilines is 1. The molecule has 1 aromatic rings. The van der Waals surface area contributed by atoms with Crippen LogP contribution in [0.25, 0.3) is 0 Å². The number of hydrogen-bond acceptors (Lipinski definition) is 3. The number of ketones is 1. The number of aryl methyl sites for hydroxylation is 1. The van der Waals surface area contributed by atoms with Crippen LogP contribution >= 0.6 is 0 Å². The zero-order chi connectivity index (χ0) is 12.4. The molecule has 90 valence electrons. The largest absolute Gasteiger partial charge is 0.396 e. The summed E-state index contributed by atoms with van der Waals surface area (Å²) in [5, 5.41) is 8.72. The Balaban J connectivity index is 2.25. The van der Waals surface area contributed by atoms with Gasteiger partial charge in [-0.1, -0.05) is 11.6 Å². The van der Waals surface area contributed by atoms with Gasteiger partial charge in [0.2, 0.25) is 0 Å². The minimum Gasteiger partial charge on any atom is -0.396 e. The summed E-state index contributed by atoms with van der Waals surface area (Å²) < 4.78 is 0. The van der Waals surface area contributed by atoms with Gasteiger partial charge < -0.3 is 10.0 Å². The van der Waals surface area contributed by atoms with Crippen molar-refractivity contribution in [3.8, 4) is 0 Å². The molecular weight excluding hydrogens is 218 g/mol. The smallest absolute Gasteiger partial charge is 0.299 e. The monoisotopic (exact) mass is 233 g/mol. The van der Waals surface area contributed by atoms with Gasteiger partial charge in [0.15, 0.2) is 0 Å². The highest BCUT2D eigenvalue weighted by molar-refractivity contribution is 6.52. The lowest BCUT2D eigenvalue weighted by Crippen LogP contribution is -2.30. The Morgan fingerprint density at radius 1 is 1.24 bits per heavy atom. The summed E-state index contributed by atoms with van der Waals surface area (Å²) in [6.45, 7) is 2.49. The molecule has 0 radical (unpaired) electrons. The number of hydrogen-bond donors (Lipinski definition) is 1. The van der Waals surface area contributed by atoms with E-state index in [9.17, 15) is 9.59 Å². The van der Waals surface area contributed by atoms with E-state index < -0.39 is 11.7 Å². The number of benzene rings is 1. The number of Topliss-reactive ketones (excluding diaryl/α,β-unsaturated/α-hetero) is 1. The van der Waals surface area contributed by atoms with Crippen LogP contribution in [0.1, 0.15) is 28.8 Å². The Bertz CT molecular complexity index is 468. The summed E-state index contributed by atoms with van der Waals surface area (Å²) in [7, 11) is 0. The summed E-state index contributed by atoms with van der Waals surface area (Å²) >= 11 is 0. The Morgan fingerprint density at radius 3 is 2.71 bits per heavy atom. The van der Waals surface area contributed by atoms with E-state index in [1.807, 2.05) is 19.1 Å². The summed E-state index contributed by atoms with van der Waals surface area (Å²) in [6.07, 6.45) is 1.34. The van der Waals surface area contributed by atoms with E-state index in [0.29, 0.717) is 30.6 Å². The first-order chi connectivity index (χ1) is 8.15. The molecule has 1 amide bonds. The lowest BCUT2D eigenvalue weighted by Gasteiger charge is -2.15. The highest BCUT2D eigenvalue weighted by Crippen LogP contribution is 2.29.